The first-order valence-electron chi connectivity index (χ1n) is 10.5. The molecule has 0 radical (unpaired) electrons. The zero-order chi connectivity index (χ0) is 21.5. The molecule has 1 heterocycles. The lowest BCUT2D eigenvalue weighted by Crippen LogP contribution is -2.25. The molecule has 2 nitrogen and oxygen atoms in total. The minimum Gasteiger partial charge on any atom is -0.449 e. The fraction of sp³-hybridized carbons (Fsp3) is 0. The predicted octanol–water partition coefficient (Wildman–Crippen LogP) is 6.49. The van der Waals surface area contributed by atoms with E-state index in [0.29, 0.717) is 11.5 Å². The Balaban J connectivity index is 1.68. The summed E-state index contributed by atoms with van der Waals surface area (Å²) in [5.74, 6) is 2.89. The zero-order valence-corrected chi connectivity index (χ0v) is 18.9. The third-order valence-corrected chi connectivity index (χ3v) is 10.8. The molecular formula is C28H19O2PS. The Kier molecular flexibility index (Phi) is 4.61. The third kappa shape index (κ3) is 2.97. The molecule has 0 aromatic heterocycles. The van der Waals surface area contributed by atoms with Crippen molar-refractivity contribution in [3.8, 4) is 23.0 Å². The molecule has 1 aliphatic rings. The van der Waals surface area contributed by atoms with Crippen LogP contribution in [0, 0.1) is 0 Å². The first kappa shape index (κ1) is 19.3. The van der Waals surface area contributed by atoms with Gasteiger partial charge in [0.25, 0.3) is 0 Å². The summed E-state index contributed by atoms with van der Waals surface area (Å²) in [7, 11) is 0. The molecule has 1 aliphatic heterocycles. The highest BCUT2D eigenvalue weighted by Gasteiger charge is 2.31. The van der Waals surface area contributed by atoms with Crippen molar-refractivity contribution in [3.63, 3.8) is 0 Å². The molecular weight excluding hydrogens is 431 g/mol. The van der Waals surface area contributed by atoms with E-state index in [2.05, 4.69) is 72.8 Å². The molecule has 0 amide bonds. The van der Waals surface area contributed by atoms with Crippen molar-refractivity contribution < 1.29 is 9.47 Å². The zero-order valence-electron chi connectivity index (χ0n) is 17.1. The standard InChI is InChI=1S/C28H19O2PS/c32-31(20-11-3-1-4-12-20,21-13-5-2-6-14-21)27-19-26-28(23-16-8-7-15-22(23)27)30-25-18-10-9-17-24(25)29-26/h1-19H. The van der Waals surface area contributed by atoms with Crippen molar-refractivity contribution in [2.24, 2.45) is 0 Å². The quantitative estimate of drug-likeness (QED) is 0.287. The number of para-hydroxylation sites is 2. The number of ether oxygens (including phenoxy) is 2. The van der Waals surface area contributed by atoms with Crippen molar-refractivity contribution in [1.29, 1.82) is 0 Å². The monoisotopic (exact) mass is 450 g/mol. The van der Waals surface area contributed by atoms with Crippen LogP contribution in [0.15, 0.2) is 115 Å². The van der Waals surface area contributed by atoms with Crippen molar-refractivity contribution in [1.82, 2.24) is 0 Å². The summed E-state index contributed by atoms with van der Waals surface area (Å²) in [6.45, 7) is 0. The maximum absolute atomic E-state index is 6.63. The van der Waals surface area contributed by atoms with Crippen LogP contribution in [0.4, 0.5) is 0 Å². The van der Waals surface area contributed by atoms with Gasteiger partial charge in [0.05, 0.1) is 0 Å². The van der Waals surface area contributed by atoms with E-state index in [0.717, 1.165) is 38.2 Å². The van der Waals surface area contributed by atoms with E-state index in [-0.39, 0.29) is 0 Å². The molecule has 154 valence electrons. The lowest BCUT2D eigenvalue weighted by atomic mass is 10.1. The lowest BCUT2D eigenvalue weighted by Gasteiger charge is -2.28. The topological polar surface area (TPSA) is 18.5 Å². The van der Waals surface area contributed by atoms with E-state index in [1.807, 2.05) is 42.5 Å². The van der Waals surface area contributed by atoms with Gasteiger partial charge in [-0.3, -0.25) is 0 Å². The van der Waals surface area contributed by atoms with Gasteiger partial charge in [-0.05, 0) is 34.2 Å². The largest absolute Gasteiger partial charge is 0.449 e. The summed E-state index contributed by atoms with van der Waals surface area (Å²) in [6, 6.07) is 36.8. The smallest absolute Gasteiger partial charge is 0.178 e. The molecule has 32 heavy (non-hydrogen) atoms. The first-order valence-corrected chi connectivity index (χ1v) is 13.3. The molecule has 0 saturated heterocycles. The van der Waals surface area contributed by atoms with Crippen molar-refractivity contribution in [3.05, 3.63) is 115 Å². The van der Waals surface area contributed by atoms with Gasteiger partial charge in [-0.2, -0.15) is 0 Å². The van der Waals surface area contributed by atoms with Crippen LogP contribution in [0.3, 0.4) is 0 Å². The lowest BCUT2D eigenvalue weighted by molar-refractivity contribution is 0.363. The van der Waals surface area contributed by atoms with Gasteiger partial charge in [-0.25, -0.2) is 0 Å². The highest BCUT2D eigenvalue weighted by Crippen LogP contribution is 2.52. The van der Waals surface area contributed by atoms with Crippen LogP contribution < -0.4 is 25.4 Å². The molecule has 0 fully saturated rings. The molecule has 0 bridgehead atoms. The van der Waals surface area contributed by atoms with Gasteiger partial charge < -0.3 is 9.47 Å². The summed E-state index contributed by atoms with van der Waals surface area (Å²) in [4.78, 5) is 0. The fourth-order valence-corrected chi connectivity index (χ4v) is 8.35. The molecule has 5 aromatic rings. The van der Waals surface area contributed by atoms with E-state index in [9.17, 15) is 0 Å². The maximum Gasteiger partial charge on any atom is 0.178 e. The summed E-state index contributed by atoms with van der Waals surface area (Å²) < 4.78 is 12.7. The number of rotatable bonds is 3. The second-order valence-corrected chi connectivity index (χ2v) is 12.1. The van der Waals surface area contributed by atoms with E-state index < -0.39 is 6.04 Å². The van der Waals surface area contributed by atoms with Crippen molar-refractivity contribution in [2.45, 2.75) is 0 Å². The summed E-state index contributed by atoms with van der Waals surface area (Å²) in [5.41, 5.74) is 0. The third-order valence-electron chi connectivity index (χ3n) is 5.80. The number of hydrogen-bond acceptors (Lipinski definition) is 3. The van der Waals surface area contributed by atoms with Gasteiger partial charge >= 0.3 is 0 Å². The molecule has 0 saturated carbocycles. The Bertz CT molecular complexity index is 1450. The Labute approximate surface area is 192 Å². The molecule has 0 N–H and O–H groups in total. The van der Waals surface area contributed by atoms with E-state index in [4.69, 9.17) is 21.3 Å². The molecule has 4 heteroatoms. The van der Waals surface area contributed by atoms with Gasteiger partial charge in [0.2, 0.25) is 0 Å². The van der Waals surface area contributed by atoms with Crippen LogP contribution in [-0.4, -0.2) is 0 Å². The van der Waals surface area contributed by atoms with Crippen LogP contribution >= 0.6 is 6.04 Å². The molecule has 0 unspecified atom stereocenters. The minimum atomic E-state index is -2.36. The number of hydrogen-bond donors (Lipinski definition) is 0. The van der Waals surface area contributed by atoms with Gasteiger partial charge in [-0.15, -0.1) is 0 Å². The van der Waals surface area contributed by atoms with Crippen LogP contribution in [0.1, 0.15) is 0 Å². The second kappa shape index (κ2) is 7.63. The van der Waals surface area contributed by atoms with Gasteiger partial charge in [-0.1, -0.05) is 109 Å². The second-order valence-electron chi connectivity index (χ2n) is 7.70. The van der Waals surface area contributed by atoms with Gasteiger partial charge in [0.1, 0.15) is 0 Å². The molecule has 0 atom stereocenters. The Hall–Kier alpha value is -3.39. The molecule has 0 spiro atoms. The fourth-order valence-electron chi connectivity index (χ4n) is 4.30. The molecule has 0 aliphatic carbocycles. The van der Waals surface area contributed by atoms with E-state index in [1.165, 1.54) is 0 Å². The van der Waals surface area contributed by atoms with Crippen molar-refractivity contribution >= 4 is 44.5 Å². The number of benzene rings is 5. The first-order chi connectivity index (χ1) is 15.7. The van der Waals surface area contributed by atoms with E-state index in [1.54, 1.807) is 0 Å². The Morgan fingerprint density at radius 2 is 1.00 bits per heavy atom. The molecule has 5 aromatic carbocycles. The SMILES string of the molecule is S=P(c1ccccc1)(c1ccccc1)c1cc2c(c3ccccc13)Oc1ccccc1O2. The van der Waals surface area contributed by atoms with Crippen LogP contribution in [0.5, 0.6) is 23.0 Å². The highest BCUT2D eigenvalue weighted by molar-refractivity contribution is 8.25. The van der Waals surface area contributed by atoms with E-state index >= 15 is 0 Å². The highest BCUT2D eigenvalue weighted by atomic mass is 32.4. The average molecular weight is 450 g/mol. The van der Waals surface area contributed by atoms with Gasteiger partial charge in [0, 0.05) is 16.7 Å². The Morgan fingerprint density at radius 1 is 0.500 bits per heavy atom. The van der Waals surface area contributed by atoms with Crippen molar-refractivity contribution in [2.75, 3.05) is 0 Å². The van der Waals surface area contributed by atoms with Crippen LogP contribution in [0.2, 0.25) is 0 Å². The summed E-state index contributed by atoms with van der Waals surface area (Å²) in [5, 5.41) is 5.54. The normalized spacial score (nSPS) is 12.4. The van der Waals surface area contributed by atoms with Gasteiger partial charge in [0.15, 0.2) is 23.0 Å². The van der Waals surface area contributed by atoms with Crippen LogP contribution in [0.25, 0.3) is 10.8 Å². The minimum absolute atomic E-state index is 0.707. The predicted molar refractivity (Wildman–Crippen MR) is 137 cm³/mol. The maximum atomic E-state index is 6.63. The van der Waals surface area contributed by atoms with Crippen LogP contribution in [-0.2, 0) is 11.8 Å². The Morgan fingerprint density at radius 3 is 1.62 bits per heavy atom. The summed E-state index contributed by atoms with van der Waals surface area (Å²) >= 11 is 6.63. The average Bonchev–Trinajstić information content (AvgIpc) is 2.87. The summed E-state index contributed by atoms with van der Waals surface area (Å²) in [6.07, 6.45) is 0. The molecule has 6 rings (SSSR count). The number of fused-ring (bicyclic) bond motifs is 4.